The van der Waals surface area contributed by atoms with Crippen LogP contribution < -0.4 is 5.56 Å². The van der Waals surface area contributed by atoms with Crippen LogP contribution in [0, 0.1) is 13.8 Å². The van der Waals surface area contributed by atoms with Gasteiger partial charge in [-0.2, -0.15) is 4.68 Å². The summed E-state index contributed by atoms with van der Waals surface area (Å²) in [5.41, 5.74) is 1.48. The van der Waals surface area contributed by atoms with E-state index < -0.39 is 11.5 Å². The Morgan fingerprint density at radius 2 is 1.87 bits per heavy atom. The maximum absolute atomic E-state index is 12.4. The van der Waals surface area contributed by atoms with Crippen LogP contribution in [-0.4, -0.2) is 37.0 Å². The average molecular weight is 313 g/mol. The Kier molecular flexibility index (Phi) is 3.65. The second kappa shape index (κ2) is 5.64. The summed E-state index contributed by atoms with van der Waals surface area (Å²) >= 11 is 0. The van der Waals surface area contributed by atoms with E-state index in [0.29, 0.717) is 5.69 Å². The van der Waals surface area contributed by atoms with Gasteiger partial charge in [0.25, 0.3) is 11.3 Å². The van der Waals surface area contributed by atoms with Gasteiger partial charge in [0.1, 0.15) is 5.69 Å². The fourth-order valence-electron chi connectivity index (χ4n) is 2.16. The second-order valence-electron chi connectivity index (χ2n) is 5.02. The summed E-state index contributed by atoms with van der Waals surface area (Å²) in [5.74, 6) is -0.643. The Hall–Kier alpha value is -3.03. The van der Waals surface area contributed by atoms with Crippen molar-refractivity contribution in [1.29, 1.82) is 0 Å². The normalized spacial score (nSPS) is 10.9. The van der Waals surface area contributed by atoms with Crippen molar-refractivity contribution in [1.82, 2.24) is 24.4 Å². The molecule has 2 aromatic heterocycles. The highest BCUT2D eigenvalue weighted by molar-refractivity contribution is 5.86. The van der Waals surface area contributed by atoms with Gasteiger partial charge in [-0.05, 0) is 32.9 Å². The van der Waals surface area contributed by atoms with Crippen LogP contribution in [0.15, 0.2) is 29.1 Å². The molecule has 0 unspecified atom stereocenters. The molecule has 0 saturated heterocycles. The number of rotatable bonds is 3. The molecule has 118 valence electrons. The molecule has 3 aromatic rings. The quantitative estimate of drug-likeness (QED) is 0.672. The number of aromatic nitrogens is 5. The Bertz CT molecular complexity index is 940. The summed E-state index contributed by atoms with van der Waals surface area (Å²) in [4.78, 5) is 24.5. The molecule has 23 heavy (non-hydrogen) atoms. The number of hydrogen-bond donors (Lipinski definition) is 0. The van der Waals surface area contributed by atoms with E-state index in [1.54, 1.807) is 6.92 Å². The molecule has 0 fully saturated rings. The van der Waals surface area contributed by atoms with Crippen molar-refractivity contribution >= 4 is 11.7 Å². The molecule has 0 saturated carbocycles. The van der Waals surface area contributed by atoms with Gasteiger partial charge >= 0.3 is 5.97 Å². The van der Waals surface area contributed by atoms with Crippen LogP contribution in [0.4, 0.5) is 0 Å². The zero-order valence-electron chi connectivity index (χ0n) is 13.0. The van der Waals surface area contributed by atoms with E-state index >= 15 is 0 Å². The molecule has 3 rings (SSSR count). The van der Waals surface area contributed by atoms with Gasteiger partial charge < -0.3 is 4.74 Å². The molecule has 1 aromatic carbocycles. The molecule has 8 nitrogen and oxygen atoms in total. The van der Waals surface area contributed by atoms with E-state index in [1.165, 1.54) is 11.6 Å². The van der Waals surface area contributed by atoms with Crippen molar-refractivity contribution in [2.45, 2.75) is 20.8 Å². The van der Waals surface area contributed by atoms with E-state index in [1.807, 2.05) is 31.2 Å². The molecule has 0 aliphatic rings. The van der Waals surface area contributed by atoms with Crippen molar-refractivity contribution in [2.75, 3.05) is 6.61 Å². The smallest absolute Gasteiger partial charge is 0.376 e. The zero-order chi connectivity index (χ0) is 16.6. The van der Waals surface area contributed by atoms with Crippen LogP contribution in [0.2, 0.25) is 0 Å². The number of carbonyl (C=O) groups is 1. The first-order valence-corrected chi connectivity index (χ1v) is 7.12. The molecule has 0 N–H and O–H groups in total. The molecule has 0 amide bonds. The lowest BCUT2D eigenvalue weighted by atomic mass is 10.2. The topological polar surface area (TPSA) is 91.4 Å². The summed E-state index contributed by atoms with van der Waals surface area (Å²) in [6.07, 6.45) is 0. The predicted octanol–water partition coefficient (Wildman–Crippen LogP) is 1.07. The highest BCUT2D eigenvalue weighted by atomic mass is 16.5. The Morgan fingerprint density at radius 3 is 2.52 bits per heavy atom. The van der Waals surface area contributed by atoms with Crippen LogP contribution in [-0.2, 0) is 4.74 Å². The van der Waals surface area contributed by atoms with Gasteiger partial charge in [0.15, 0.2) is 0 Å². The fourth-order valence-corrected chi connectivity index (χ4v) is 2.16. The Balaban J connectivity index is 2.32. The first-order chi connectivity index (χ1) is 11.0. The highest BCUT2D eigenvalue weighted by Crippen LogP contribution is 2.13. The van der Waals surface area contributed by atoms with Crippen molar-refractivity contribution in [3.8, 4) is 5.69 Å². The number of ether oxygens (including phenoxy) is 1. The minimum atomic E-state index is -0.683. The third kappa shape index (κ3) is 2.48. The fraction of sp³-hybridized carbons (Fsp3) is 0.267. The maximum atomic E-state index is 12.4. The molecule has 0 bridgehead atoms. The van der Waals surface area contributed by atoms with E-state index in [4.69, 9.17) is 4.74 Å². The van der Waals surface area contributed by atoms with Crippen molar-refractivity contribution in [3.63, 3.8) is 0 Å². The van der Waals surface area contributed by atoms with Crippen LogP contribution >= 0.6 is 0 Å². The van der Waals surface area contributed by atoms with Gasteiger partial charge in [0.2, 0.25) is 5.82 Å². The summed E-state index contributed by atoms with van der Waals surface area (Å²) in [5, 5.41) is 12.1. The molecule has 0 aliphatic heterocycles. The van der Waals surface area contributed by atoms with E-state index in [2.05, 4.69) is 15.3 Å². The SMILES string of the molecule is CCOC(=O)c1nn(-c2ccc(C)cc2)c2nnc(C)c(=O)n12. The summed E-state index contributed by atoms with van der Waals surface area (Å²) in [6, 6.07) is 7.45. The first-order valence-electron chi connectivity index (χ1n) is 7.12. The standard InChI is InChI=1S/C15H15N5O3/c1-4-23-14(22)12-18-20(11-7-5-9(2)6-8-11)15-17-16-10(3)13(21)19(12)15/h5-8H,4H2,1-3H3. The number of nitrogens with zero attached hydrogens (tertiary/aromatic N) is 5. The number of aryl methyl sites for hydroxylation is 2. The van der Waals surface area contributed by atoms with Crippen molar-refractivity contribution in [3.05, 3.63) is 51.7 Å². The number of hydrogen-bond acceptors (Lipinski definition) is 6. The van der Waals surface area contributed by atoms with E-state index in [9.17, 15) is 9.59 Å². The maximum Gasteiger partial charge on any atom is 0.376 e. The largest absolute Gasteiger partial charge is 0.460 e. The van der Waals surface area contributed by atoms with Crippen LogP contribution in [0.1, 0.15) is 28.8 Å². The molecule has 0 aliphatic carbocycles. The number of esters is 1. The van der Waals surface area contributed by atoms with Gasteiger partial charge in [-0.3, -0.25) is 4.79 Å². The highest BCUT2D eigenvalue weighted by Gasteiger charge is 2.22. The molecule has 8 heteroatoms. The van der Waals surface area contributed by atoms with Gasteiger partial charge in [0, 0.05) is 0 Å². The van der Waals surface area contributed by atoms with E-state index in [-0.39, 0.29) is 23.9 Å². The van der Waals surface area contributed by atoms with Gasteiger partial charge in [-0.15, -0.1) is 15.3 Å². The number of carbonyl (C=O) groups excluding carboxylic acids is 1. The molecule has 0 atom stereocenters. The van der Waals surface area contributed by atoms with Crippen LogP contribution in [0.25, 0.3) is 11.5 Å². The molecular formula is C15H15N5O3. The van der Waals surface area contributed by atoms with Gasteiger partial charge in [-0.1, -0.05) is 17.7 Å². The van der Waals surface area contributed by atoms with Crippen LogP contribution in [0.3, 0.4) is 0 Å². The monoisotopic (exact) mass is 313 g/mol. The summed E-state index contributed by atoms with van der Waals surface area (Å²) in [6.45, 7) is 5.36. The van der Waals surface area contributed by atoms with Crippen molar-refractivity contribution in [2.24, 2.45) is 0 Å². The molecule has 0 spiro atoms. The Morgan fingerprint density at radius 1 is 1.17 bits per heavy atom. The molecule has 0 radical (unpaired) electrons. The zero-order valence-corrected chi connectivity index (χ0v) is 13.0. The minimum Gasteiger partial charge on any atom is -0.460 e. The second-order valence-corrected chi connectivity index (χ2v) is 5.02. The van der Waals surface area contributed by atoms with Crippen molar-refractivity contribution < 1.29 is 9.53 Å². The predicted molar refractivity (Wildman–Crippen MR) is 81.8 cm³/mol. The average Bonchev–Trinajstić information content (AvgIpc) is 2.92. The number of fused-ring (bicyclic) bond motifs is 1. The lowest BCUT2D eigenvalue weighted by Crippen LogP contribution is -2.23. The third-order valence-electron chi connectivity index (χ3n) is 3.33. The van der Waals surface area contributed by atoms with Gasteiger partial charge in [0.05, 0.1) is 12.3 Å². The summed E-state index contributed by atoms with van der Waals surface area (Å²) < 4.78 is 7.50. The van der Waals surface area contributed by atoms with Crippen LogP contribution in [0.5, 0.6) is 0 Å². The lowest BCUT2D eigenvalue weighted by molar-refractivity contribution is 0.0509. The molecular weight excluding hydrogens is 298 g/mol. The molecule has 2 heterocycles. The summed E-state index contributed by atoms with van der Waals surface area (Å²) in [7, 11) is 0. The minimum absolute atomic E-state index is 0.120. The third-order valence-corrected chi connectivity index (χ3v) is 3.33. The van der Waals surface area contributed by atoms with E-state index in [0.717, 1.165) is 9.96 Å². The lowest BCUT2D eigenvalue weighted by Gasteiger charge is -2.01. The number of benzene rings is 1. The Labute approximate surface area is 131 Å². The van der Waals surface area contributed by atoms with Gasteiger partial charge in [-0.25, -0.2) is 9.20 Å². The first kappa shape index (κ1) is 14.9.